The number of hydrogen-bond donors (Lipinski definition) is 5. The summed E-state index contributed by atoms with van der Waals surface area (Å²) in [5.41, 5.74) is 0.888. The number of benzene rings is 2. The first-order valence-electron chi connectivity index (χ1n) is 10.7. The summed E-state index contributed by atoms with van der Waals surface area (Å²) in [6.07, 6.45) is -7.14. The Morgan fingerprint density at radius 3 is 1.97 bits per heavy atom. The van der Waals surface area contributed by atoms with Crippen molar-refractivity contribution in [1.82, 2.24) is 9.55 Å². The van der Waals surface area contributed by atoms with E-state index in [1.54, 1.807) is 0 Å². The van der Waals surface area contributed by atoms with Crippen molar-refractivity contribution in [1.29, 1.82) is 0 Å². The Kier molecular flexibility index (Phi) is 6.87. The van der Waals surface area contributed by atoms with Gasteiger partial charge in [-0.2, -0.15) is 0 Å². The SMILES string of the molecule is O=c1[nH]c(=O)n([C@@H]2O[C@H](CO)[C@H](O)[C@H](O)[C@H]2O)c(Cc2ccccc2)c1Cc1ccccc1. The number of aromatic nitrogens is 2. The first-order chi connectivity index (χ1) is 15.9. The van der Waals surface area contributed by atoms with E-state index in [1.807, 2.05) is 60.7 Å². The van der Waals surface area contributed by atoms with E-state index >= 15 is 0 Å². The number of ether oxygens (including phenoxy) is 1. The quantitative estimate of drug-likeness (QED) is 0.344. The van der Waals surface area contributed by atoms with E-state index in [0.29, 0.717) is 11.3 Å². The van der Waals surface area contributed by atoms with Crippen LogP contribution in [-0.4, -0.2) is 61.0 Å². The third kappa shape index (κ3) is 4.68. The molecule has 5 N–H and O–H groups in total. The Hall–Kier alpha value is -3.08. The Labute approximate surface area is 189 Å². The van der Waals surface area contributed by atoms with E-state index in [1.165, 1.54) is 0 Å². The van der Waals surface area contributed by atoms with Gasteiger partial charge >= 0.3 is 5.69 Å². The molecule has 9 nitrogen and oxygen atoms in total. The van der Waals surface area contributed by atoms with Crippen LogP contribution < -0.4 is 11.2 Å². The topological polar surface area (TPSA) is 145 Å². The van der Waals surface area contributed by atoms with Gasteiger partial charge in [0.25, 0.3) is 5.56 Å². The van der Waals surface area contributed by atoms with E-state index in [9.17, 15) is 30.0 Å². The van der Waals surface area contributed by atoms with Crippen molar-refractivity contribution in [2.75, 3.05) is 6.61 Å². The van der Waals surface area contributed by atoms with Gasteiger partial charge in [-0.25, -0.2) is 4.79 Å². The number of aromatic amines is 1. The molecule has 5 atom stereocenters. The minimum atomic E-state index is -1.68. The number of H-pyrrole nitrogens is 1. The second-order valence-electron chi connectivity index (χ2n) is 8.10. The van der Waals surface area contributed by atoms with E-state index in [-0.39, 0.29) is 12.8 Å². The minimum absolute atomic E-state index is 0.178. The van der Waals surface area contributed by atoms with Crippen molar-refractivity contribution in [2.45, 2.75) is 43.5 Å². The van der Waals surface area contributed by atoms with Gasteiger partial charge in [0.1, 0.15) is 24.4 Å². The van der Waals surface area contributed by atoms with Gasteiger partial charge in [0.15, 0.2) is 6.23 Å². The van der Waals surface area contributed by atoms with Crippen molar-refractivity contribution in [3.8, 4) is 0 Å². The van der Waals surface area contributed by atoms with Crippen molar-refractivity contribution in [3.05, 3.63) is 104 Å². The highest BCUT2D eigenvalue weighted by Gasteiger charge is 2.45. The molecular weight excluding hydrogens is 428 g/mol. The van der Waals surface area contributed by atoms with Gasteiger partial charge in [-0.1, -0.05) is 60.7 Å². The molecule has 0 radical (unpaired) electrons. The van der Waals surface area contributed by atoms with E-state index in [2.05, 4.69) is 4.98 Å². The predicted octanol–water partition coefficient (Wildman–Crippen LogP) is -0.309. The van der Waals surface area contributed by atoms with Crippen molar-refractivity contribution in [2.24, 2.45) is 0 Å². The number of aliphatic hydroxyl groups is 4. The molecule has 0 spiro atoms. The fourth-order valence-electron chi connectivity index (χ4n) is 4.16. The van der Waals surface area contributed by atoms with Crippen molar-refractivity contribution >= 4 is 0 Å². The van der Waals surface area contributed by atoms with Crippen LogP contribution in [0, 0.1) is 0 Å². The van der Waals surface area contributed by atoms with Crippen LogP contribution in [0.15, 0.2) is 70.3 Å². The summed E-state index contributed by atoms with van der Waals surface area (Å²) in [7, 11) is 0. The van der Waals surface area contributed by atoms with Crippen LogP contribution in [0.4, 0.5) is 0 Å². The van der Waals surface area contributed by atoms with Crippen LogP contribution in [0.5, 0.6) is 0 Å². The van der Waals surface area contributed by atoms with Gasteiger partial charge in [0.2, 0.25) is 0 Å². The fraction of sp³-hybridized carbons (Fsp3) is 0.333. The summed E-state index contributed by atoms with van der Waals surface area (Å²) in [5, 5.41) is 40.7. The molecule has 0 saturated carbocycles. The molecule has 174 valence electrons. The summed E-state index contributed by atoms with van der Waals surface area (Å²) in [5.74, 6) is 0. The van der Waals surface area contributed by atoms with Gasteiger partial charge in [-0.05, 0) is 11.1 Å². The van der Waals surface area contributed by atoms with Crippen LogP contribution in [-0.2, 0) is 17.6 Å². The molecular formula is C24H26N2O7. The normalized spacial score (nSPS) is 25.2. The molecule has 33 heavy (non-hydrogen) atoms. The monoisotopic (exact) mass is 454 g/mol. The number of rotatable bonds is 6. The molecule has 0 aliphatic carbocycles. The average Bonchev–Trinajstić information content (AvgIpc) is 2.82. The van der Waals surface area contributed by atoms with Crippen LogP contribution in [0.1, 0.15) is 28.6 Å². The van der Waals surface area contributed by atoms with Crippen molar-refractivity contribution in [3.63, 3.8) is 0 Å². The molecule has 4 rings (SSSR count). The molecule has 2 heterocycles. The van der Waals surface area contributed by atoms with Crippen LogP contribution in [0.2, 0.25) is 0 Å². The highest BCUT2D eigenvalue weighted by molar-refractivity contribution is 5.32. The standard InChI is InChI=1S/C24H26N2O7/c27-13-18-19(28)20(29)21(30)23(33-18)26-17(12-15-9-5-2-6-10-15)16(22(31)25-24(26)32)11-14-7-3-1-4-8-14/h1-10,18-21,23,27-30H,11-13H2,(H,25,31,32)/t18-,19+,20+,21-,23-/m1/s1. The first-order valence-corrected chi connectivity index (χ1v) is 10.7. The lowest BCUT2D eigenvalue weighted by Crippen LogP contribution is -2.58. The highest BCUT2D eigenvalue weighted by atomic mass is 16.6. The van der Waals surface area contributed by atoms with Crippen LogP contribution in [0.25, 0.3) is 0 Å². The summed E-state index contributed by atoms with van der Waals surface area (Å²) in [6, 6.07) is 18.4. The zero-order valence-corrected chi connectivity index (χ0v) is 17.7. The second-order valence-corrected chi connectivity index (χ2v) is 8.10. The molecule has 0 amide bonds. The van der Waals surface area contributed by atoms with Gasteiger partial charge < -0.3 is 25.2 Å². The van der Waals surface area contributed by atoms with Gasteiger partial charge in [0, 0.05) is 24.1 Å². The highest BCUT2D eigenvalue weighted by Crippen LogP contribution is 2.29. The fourth-order valence-corrected chi connectivity index (χ4v) is 4.16. The Morgan fingerprint density at radius 2 is 1.39 bits per heavy atom. The number of hydrogen-bond acceptors (Lipinski definition) is 7. The van der Waals surface area contributed by atoms with Gasteiger partial charge in [-0.3, -0.25) is 14.3 Å². The van der Waals surface area contributed by atoms with Gasteiger partial charge in [0.05, 0.1) is 6.61 Å². The van der Waals surface area contributed by atoms with Crippen molar-refractivity contribution < 1.29 is 25.2 Å². The maximum atomic E-state index is 13.0. The maximum Gasteiger partial charge on any atom is 0.330 e. The lowest BCUT2D eigenvalue weighted by Gasteiger charge is -2.41. The number of aliphatic hydroxyl groups excluding tert-OH is 4. The molecule has 9 heteroatoms. The maximum absolute atomic E-state index is 13.0. The molecule has 1 saturated heterocycles. The van der Waals surface area contributed by atoms with E-state index in [4.69, 9.17) is 4.74 Å². The number of nitrogens with zero attached hydrogens (tertiary/aromatic N) is 1. The summed E-state index contributed by atoms with van der Waals surface area (Å²) < 4.78 is 6.76. The zero-order chi connectivity index (χ0) is 23.5. The lowest BCUT2D eigenvalue weighted by atomic mass is 9.96. The minimum Gasteiger partial charge on any atom is -0.394 e. The third-order valence-electron chi connectivity index (χ3n) is 5.91. The smallest absolute Gasteiger partial charge is 0.330 e. The number of nitrogens with one attached hydrogen (secondary N) is 1. The third-order valence-corrected chi connectivity index (χ3v) is 5.91. The Morgan fingerprint density at radius 1 is 0.818 bits per heavy atom. The van der Waals surface area contributed by atoms with E-state index in [0.717, 1.165) is 15.7 Å². The molecule has 1 aromatic heterocycles. The van der Waals surface area contributed by atoms with Crippen LogP contribution >= 0.6 is 0 Å². The molecule has 1 aliphatic heterocycles. The summed E-state index contributed by atoms with van der Waals surface area (Å²) >= 11 is 0. The largest absolute Gasteiger partial charge is 0.394 e. The molecule has 0 unspecified atom stereocenters. The molecule has 1 fully saturated rings. The summed E-state index contributed by atoms with van der Waals surface area (Å²) in [4.78, 5) is 28.2. The second kappa shape index (κ2) is 9.82. The molecule has 0 bridgehead atoms. The zero-order valence-electron chi connectivity index (χ0n) is 17.7. The molecule has 3 aromatic rings. The predicted molar refractivity (Wildman–Crippen MR) is 119 cm³/mol. The van der Waals surface area contributed by atoms with E-state index < -0.39 is 48.5 Å². The first kappa shape index (κ1) is 23.1. The molecule has 1 aliphatic rings. The Balaban J connectivity index is 1.89. The average molecular weight is 454 g/mol. The summed E-state index contributed by atoms with van der Waals surface area (Å²) in [6.45, 7) is -0.634. The molecule has 2 aromatic carbocycles. The van der Waals surface area contributed by atoms with Crippen LogP contribution in [0.3, 0.4) is 0 Å². The Bertz CT molecular complexity index is 1190. The lowest BCUT2D eigenvalue weighted by molar-refractivity contribution is -0.252. The van der Waals surface area contributed by atoms with Gasteiger partial charge in [-0.15, -0.1) is 0 Å².